The molecule has 4 nitrogen and oxygen atoms in total. The average molecular weight is 381 g/mol. The first-order valence-corrected chi connectivity index (χ1v) is 9.28. The van der Waals surface area contributed by atoms with Crippen LogP contribution in [0.15, 0.2) is 36.4 Å². The van der Waals surface area contributed by atoms with Crippen molar-refractivity contribution in [1.82, 2.24) is 10.6 Å². The van der Waals surface area contributed by atoms with E-state index in [0.29, 0.717) is 20.9 Å². The number of aryl methyl sites for hydroxylation is 1. The molecule has 0 saturated heterocycles. The van der Waals surface area contributed by atoms with Crippen LogP contribution in [0, 0.1) is 0 Å². The molecule has 1 aromatic heterocycles. The molecule has 0 saturated carbocycles. The summed E-state index contributed by atoms with van der Waals surface area (Å²) in [6, 6.07) is 12.0. The molecule has 2 N–H and O–H groups in total. The predicted octanol–water partition coefficient (Wildman–Crippen LogP) is 3.71. The van der Waals surface area contributed by atoms with Crippen molar-refractivity contribution in [3.05, 3.63) is 56.7 Å². The van der Waals surface area contributed by atoms with Crippen LogP contribution in [0.2, 0.25) is 4.34 Å². The van der Waals surface area contributed by atoms with Crippen LogP contribution >= 0.6 is 35.2 Å². The van der Waals surface area contributed by atoms with Crippen LogP contribution in [0.5, 0.6) is 0 Å². The van der Waals surface area contributed by atoms with Crippen LogP contribution in [0.25, 0.3) is 0 Å². The molecule has 1 atom stereocenters. The van der Waals surface area contributed by atoms with Gasteiger partial charge in [-0.1, -0.05) is 35.9 Å². The second kappa shape index (κ2) is 7.96. The summed E-state index contributed by atoms with van der Waals surface area (Å²) >= 11 is 12.3. The molecule has 2 aromatic rings. The minimum absolute atomic E-state index is 0.247. The first-order valence-electron chi connectivity index (χ1n) is 7.68. The topological polar surface area (TPSA) is 50.4 Å². The third-order valence-electron chi connectivity index (χ3n) is 3.83. The molecule has 3 rings (SSSR count). The first-order chi connectivity index (χ1) is 11.6. The highest BCUT2D eigenvalue weighted by Gasteiger charge is 2.22. The number of hydrogen-bond donors (Lipinski definition) is 2. The first kappa shape index (κ1) is 17.2. The van der Waals surface area contributed by atoms with Crippen molar-refractivity contribution in [1.29, 1.82) is 0 Å². The van der Waals surface area contributed by atoms with Gasteiger partial charge in [0, 0.05) is 0 Å². The molecular formula is C17H17ClN2O2S2. The predicted molar refractivity (Wildman–Crippen MR) is 101 cm³/mol. The number of thiocarbonyl (C=S) groups is 1. The molecule has 0 fully saturated rings. The van der Waals surface area contributed by atoms with E-state index in [0.717, 1.165) is 12.8 Å². The van der Waals surface area contributed by atoms with Crippen LogP contribution < -0.4 is 10.6 Å². The van der Waals surface area contributed by atoms with E-state index in [1.807, 2.05) is 6.07 Å². The second-order valence-electron chi connectivity index (χ2n) is 5.43. The second-order valence-corrected chi connectivity index (χ2v) is 7.55. The van der Waals surface area contributed by atoms with E-state index in [-0.39, 0.29) is 18.6 Å². The molecule has 1 heterocycles. The van der Waals surface area contributed by atoms with Gasteiger partial charge in [0.25, 0.3) is 0 Å². The van der Waals surface area contributed by atoms with Crippen molar-refractivity contribution in [3.8, 4) is 0 Å². The van der Waals surface area contributed by atoms with Gasteiger partial charge in [0.2, 0.25) is 0 Å². The summed E-state index contributed by atoms with van der Waals surface area (Å²) in [7, 11) is 0. The van der Waals surface area contributed by atoms with Crippen molar-refractivity contribution in [3.63, 3.8) is 0 Å². The summed E-state index contributed by atoms with van der Waals surface area (Å²) in [5.41, 5.74) is 2.68. The lowest BCUT2D eigenvalue weighted by Gasteiger charge is -2.17. The number of benzene rings is 1. The molecule has 0 spiro atoms. The minimum atomic E-state index is -0.364. The number of carbonyl (C=O) groups excluding carboxylic acids is 1. The molecule has 0 amide bonds. The molecule has 0 radical (unpaired) electrons. The lowest BCUT2D eigenvalue weighted by Crippen LogP contribution is -2.38. The Morgan fingerprint density at radius 3 is 2.96 bits per heavy atom. The number of carbonyl (C=O) groups is 1. The van der Waals surface area contributed by atoms with Crippen molar-refractivity contribution < 1.29 is 9.53 Å². The summed E-state index contributed by atoms with van der Waals surface area (Å²) in [5.74, 6) is -0.364. The molecular weight excluding hydrogens is 364 g/mol. The van der Waals surface area contributed by atoms with E-state index in [4.69, 9.17) is 28.6 Å². The fourth-order valence-electron chi connectivity index (χ4n) is 2.72. The zero-order chi connectivity index (χ0) is 16.9. The summed E-state index contributed by atoms with van der Waals surface area (Å²) < 4.78 is 5.75. The largest absolute Gasteiger partial charge is 0.460 e. The van der Waals surface area contributed by atoms with E-state index >= 15 is 0 Å². The molecule has 1 aromatic carbocycles. The Hall–Kier alpha value is -1.63. The fourth-order valence-corrected chi connectivity index (χ4v) is 3.90. The third-order valence-corrected chi connectivity index (χ3v) is 5.31. The van der Waals surface area contributed by atoms with Gasteiger partial charge in [0.05, 0.1) is 16.9 Å². The van der Waals surface area contributed by atoms with E-state index in [2.05, 4.69) is 28.8 Å². The number of halogens is 1. The van der Waals surface area contributed by atoms with E-state index < -0.39 is 0 Å². The quantitative estimate of drug-likeness (QED) is 0.470. The van der Waals surface area contributed by atoms with E-state index in [1.54, 1.807) is 12.1 Å². The lowest BCUT2D eigenvalue weighted by atomic mass is 10.1. The highest BCUT2D eigenvalue weighted by atomic mass is 35.5. The maximum absolute atomic E-state index is 11.8. The SMILES string of the molecule is O=C(OCCNC(=S)N[C@H]1CCc2ccccc21)c1ccc(Cl)s1. The molecule has 0 unspecified atom stereocenters. The summed E-state index contributed by atoms with van der Waals surface area (Å²) in [6.45, 7) is 0.711. The summed E-state index contributed by atoms with van der Waals surface area (Å²) in [5, 5.41) is 6.97. The maximum Gasteiger partial charge on any atom is 0.348 e. The minimum Gasteiger partial charge on any atom is -0.460 e. The number of thiophene rings is 1. The van der Waals surface area contributed by atoms with Crippen LogP contribution in [0.1, 0.15) is 33.3 Å². The highest BCUT2D eigenvalue weighted by Crippen LogP contribution is 2.30. The molecule has 24 heavy (non-hydrogen) atoms. The van der Waals surface area contributed by atoms with Gasteiger partial charge in [-0.15, -0.1) is 11.3 Å². The van der Waals surface area contributed by atoms with Crippen LogP contribution in [-0.2, 0) is 11.2 Å². The Morgan fingerprint density at radius 1 is 1.33 bits per heavy atom. The lowest BCUT2D eigenvalue weighted by molar-refractivity contribution is 0.0518. The van der Waals surface area contributed by atoms with Crippen LogP contribution in [0.3, 0.4) is 0 Å². The smallest absolute Gasteiger partial charge is 0.348 e. The molecule has 1 aliphatic rings. The molecule has 0 bridgehead atoms. The average Bonchev–Trinajstić information content (AvgIpc) is 3.18. The van der Waals surface area contributed by atoms with Crippen molar-refractivity contribution >= 4 is 46.2 Å². The standard InChI is InChI=1S/C17H17ClN2O2S2/c18-15-8-7-14(24-15)16(21)22-10-9-19-17(23)20-13-6-5-11-3-1-2-4-12(11)13/h1-4,7-8,13H,5-6,9-10H2,(H2,19,20,23)/t13-/m0/s1. The third kappa shape index (κ3) is 4.26. The van der Waals surface area contributed by atoms with E-state index in [9.17, 15) is 4.79 Å². The van der Waals surface area contributed by atoms with Gasteiger partial charge in [-0.3, -0.25) is 0 Å². The van der Waals surface area contributed by atoms with Gasteiger partial charge in [-0.25, -0.2) is 4.79 Å². The van der Waals surface area contributed by atoms with E-state index in [1.165, 1.54) is 22.5 Å². The number of hydrogen-bond acceptors (Lipinski definition) is 4. The monoisotopic (exact) mass is 380 g/mol. The zero-order valence-corrected chi connectivity index (χ0v) is 15.3. The zero-order valence-electron chi connectivity index (χ0n) is 12.9. The van der Waals surface area contributed by atoms with Crippen LogP contribution in [-0.4, -0.2) is 24.2 Å². The number of rotatable bonds is 5. The number of nitrogens with one attached hydrogen (secondary N) is 2. The highest BCUT2D eigenvalue weighted by molar-refractivity contribution is 7.80. The van der Waals surface area contributed by atoms with Gasteiger partial charge < -0.3 is 15.4 Å². The molecule has 7 heteroatoms. The van der Waals surface area contributed by atoms with Crippen molar-refractivity contribution in [2.45, 2.75) is 18.9 Å². The van der Waals surface area contributed by atoms with Gasteiger partial charge in [-0.05, 0) is 48.3 Å². The normalized spacial score (nSPS) is 15.6. The Kier molecular flexibility index (Phi) is 5.71. The molecule has 0 aliphatic heterocycles. The van der Waals surface area contributed by atoms with Gasteiger partial charge in [0.15, 0.2) is 5.11 Å². The van der Waals surface area contributed by atoms with Crippen LogP contribution in [0.4, 0.5) is 0 Å². The number of esters is 1. The molecule has 126 valence electrons. The number of ether oxygens (including phenoxy) is 1. The Labute approximate surface area is 155 Å². The molecule has 1 aliphatic carbocycles. The Balaban J connectivity index is 1.38. The number of fused-ring (bicyclic) bond motifs is 1. The van der Waals surface area contributed by atoms with Gasteiger partial charge in [0.1, 0.15) is 11.5 Å². The Morgan fingerprint density at radius 2 is 2.17 bits per heavy atom. The maximum atomic E-state index is 11.8. The van der Waals surface area contributed by atoms with Crippen molar-refractivity contribution in [2.24, 2.45) is 0 Å². The Bertz CT molecular complexity index is 748. The summed E-state index contributed by atoms with van der Waals surface area (Å²) in [4.78, 5) is 12.3. The summed E-state index contributed by atoms with van der Waals surface area (Å²) in [6.07, 6.45) is 2.10. The van der Waals surface area contributed by atoms with Crippen molar-refractivity contribution in [2.75, 3.05) is 13.2 Å². The van der Waals surface area contributed by atoms with Gasteiger partial charge in [-0.2, -0.15) is 0 Å². The van der Waals surface area contributed by atoms with Gasteiger partial charge >= 0.3 is 5.97 Å². The fraction of sp³-hybridized carbons (Fsp3) is 0.294.